The van der Waals surface area contributed by atoms with Gasteiger partial charge in [0.15, 0.2) is 0 Å². The second-order valence-corrected chi connectivity index (χ2v) is 2.38. The Bertz CT molecular complexity index is 236. The van der Waals surface area contributed by atoms with Crippen LogP contribution in [0.5, 0.6) is 0 Å². The molecule has 0 heterocycles. The van der Waals surface area contributed by atoms with Gasteiger partial charge in [0.25, 0.3) is 0 Å². The molecule has 0 aromatic heterocycles. The number of hydrogen-bond donors (Lipinski definition) is 0. The summed E-state index contributed by atoms with van der Waals surface area (Å²) in [5.74, 6) is 0. The summed E-state index contributed by atoms with van der Waals surface area (Å²) in [5.41, 5.74) is 0. The Morgan fingerprint density at radius 2 is 0.833 bits per heavy atom. The molecule has 0 aliphatic heterocycles. The van der Waals surface area contributed by atoms with Gasteiger partial charge >= 0.3 is 17.1 Å². The minimum atomic E-state index is -5.17. The van der Waals surface area contributed by atoms with Gasteiger partial charge in [-0.15, -0.1) is 0 Å². The number of rotatable bonds is 0. The predicted molar refractivity (Wildman–Crippen MR) is 36.9 cm³/mol. The molecular formula is C6H6FeO4S. The Labute approximate surface area is 81.7 Å². The maximum Gasteiger partial charge on any atom is 2.00 e. The first kappa shape index (κ1) is 14.2. The zero-order valence-corrected chi connectivity index (χ0v) is 7.78. The van der Waals surface area contributed by atoms with Crippen LogP contribution in [0.1, 0.15) is 0 Å². The third-order valence-electron chi connectivity index (χ3n) is 0.667. The van der Waals surface area contributed by atoms with E-state index in [1.807, 2.05) is 36.4 Å². The summed E-state index contributed by atoms with van der Waals surface area (Å²) in [6.45, 7) is 0. The largest absolute Gasteiger partial charge is 2.00 e. The SMILES string of the molecule is O=S(=O)([O-])[O-].[Fe+2].c1ccccc1. The van der Waals surface area contributed by atoms with Crippen molar-refractivity contribution < 1.29 is 34.6 Å². The van der Waals surface area contributed by atoms with Crippen molar-refractivity contribution in [3.63, 3.8) is 0 Å². The molecule has 1 rings (SSSR count). The first-order valence-corrected chi connectivity index (χ1v) is 4.00. The van der Waals surface area contributed by atoms with Crippen LogP contribution >= 0.6 is 0 Å². The summed E-state index contributed by atoms with van der Waals surface area (Å²) in [7, 11) is -5.17. The van der Waals surface area contributed by atoms with E-state index in [9.17, 15) is 0 Å². The molecule has 0 unspecified atom stereocenters. The van der Waals surface area contributed by atoms with E-state index in [1.54, 1.807) is 0 Å². The van der Waals surface area contributed by atoms with Crippen LogP contribution in [-0.2, 0) is 27.5 Å². The summed E-state index contributed by atoms with van der Waals surface area (Å²) in [5, 5.41) is 0. The second kappa shape index (κ2) is 7.27. The standard InChI is InChI=1S/C6H6.Fe.H2O4S/c1-2-4-6-5-3-1;;1-5(2,3)4/h1-6H;;(H2,1,2,3,4)/q;+2;/p-2. The first-order valence-electron chi connectivity index (χ1n) is 2.67. The number of benzene rings is 1. The van der Waals surface area contributed by atoms with Crippen molar-refractivity contribution in [2.24, 2.45) is 0 Å². The van der Waals surface area contributed by atoms with E-state index in [4.69, 9.17) is 17.5 Å². The zero-order chi connectivity index (χ0) is 8.74. The molecule has 6 heteroatoms. The smallest absolute Gasteiger partial charge is 0.759 e. The Balaban J connectivity index is 0. The molecule has 68 valence electrons. The molecule has 0 amide bonds. The molecule has 1 aromatic rings. The molecule has 0 fully saturated rings. The number of hydrogen-bond acceptors (Lipinski definition) is 4. The van der Waals surface area contributed by atoms with Crippen molar-refractivity contribution in [3.8, 4) is 0 Å². The van der Waals surface area contributed by atoms with Crippen molar-refractivity contribution in [3.05, 3.63) is 36.4 Å². The van der Waals surface area contributed by atoms with E-state index in [2.05, 4.69) is 0 Å². The van der Waals surface area contributed by atoms with Gasteiger partial charge in [0.05, 0.1) is 0 Å². The molecule has 0 bridgehead atoms. The van der Waals surface area contributed by atoms with E-state index in [0.29, 0.717) is 0 Å². The second-order valence-electron chi connectivity index (χ2n) is 1.56. The van der Waals surface area contributed by atoms with Crippen molar-refractivity contribution in [1.82, 2.24) is 0 Å². The van der Waals surface area contributed by atoms with Crippen LogP contribution < -0.4 is 0 Å². The average Bonchev–Trinajstić information content (AvgIpc) is 1.88. The van der Waals surface area contributed by atoms with Gasteiger partial charge in [-0.1, -0.05) is 36.4 Å². The minimum Gasteiger partial charge on any atom is -0.759 e. The fourth-order valence-corrected chi connectivity index (χ4v) is 0.385. The van der Waals surface area contributed by atoms with Crippen molar-refractivity contribution in [2.45, 2.75) is 0 Å². The molecule has 0 N–H and O–H groups in total. The van der Waals surface area contributed by atoms with Gasteiger partial charge in [-0.25, -0.2) is 0 Å². The van der Waals surface area contributed by atoms with E-state index >= 15 is 0 Å². The Kier molecular flexibility index (Phi) is 8.57. The maximum atomic E-state index is 8.52. The maximum absolute atomic E-state index is 8.52. The van der Waals surface area contributed by atoms with E-state index in [0.717, 1.165) is 0 Å². The molecular weight excluding hydrogens is 224 g/mol. The summed E-state index contributed by atoms with van der Waals surface area (Å²) < 4.78 is 34.1. The van der Waals surface area contributed by atoms with Gasteiger partial charge in [-0.05, 0) is 0 Å². The molecule has 0 saturated heterocycles. The molecule has 0 aliphatic carbocycles. The zero-order valence-electron chi connectivity index (χ0n) is 5.86. The van der Waals surface area contributed by atoms with Gasteiger partial charge in [0.2, 0.25) is 0 Å². The third kappa shape index (κ3) is 22.6. The monoisotopic (exact) mass is 230 g/mol. The molecule has 4 nitrogen and oxygen atoms in total. The minimum absolute atomic E-state index is 0. The van der Waals surface area contributed by atoms with Gasteiger partial charge in [-0.2, -0.15) is 0 Å². The van der Waals surface area contributed by atoms with Gasteiger partial charge in [0.1, 0.15) is 0 Å². The Hall–Kier alpha value is -0.391. The van der Waals surface area contributed by atoms with Crippen molar-refractivity contribution in [1.29, 1.82) is 0 Å². The van der Waals surface area contributed by atoms with Gasteiger partial charge in [0, 0.05) is 10.4 Å². The fourth-order valence-electron chi connectivity index (χ4n) is 0.385. The Morgan fingerprint density at radius 1 is 0.750 bits per heavy atom. The normalized spacial score (nSPS) is 8.83. The van der Waals surface area contributed by atoms with Crippen LogP contribution in [-0.4, -0.2) is 17.5 Å². The summed E-state index contributed by atoms with van der Waals surface area (Å²) in [4.78, 5) is 0. The van der Waals surface area contributed by atoms with Crippen LogP contribution in [0.25, 0.3) is 0 Å². The molecule has 0 spiro atoms. The quantitative estimate of drug-likeness (QED) is 0.365. The van der Waals surface area contributed by atoms with Crippen molar-refractivity contribution in [2.75, 3.05) is 0 Å². The van der Waals surface area contributed by atoms with E-state index in [1.165, 1.54) is 0 Å². The molecule has 1 aromatic carbocycles. The molecule has 0 atom stereocenters. The van der Waals surface area contributed by atoms with Crippen LogP contribution in [0.2, 0.25) is 0 Å². The summed E-state index contributed by atoms with van der Waals surface area (Å²) in [6, 6.07) is 12.0. The molecule has 0 saturated carbocycles. The van der Waals surface area contributed by atoms with Crippen LogP contribution in [0.15, 0.2) is 36.4 Å². The summed E-state index contributed by atoms with van der Waals surface area (Å²) >= 11 is 0. The fraction of sp³-hybridized carbons (Fsp3) is 0. The van der Waals surface area contributed by atoms with Gasteiger partial charge < -0.3 is 9.11 Å². The van der Waals surface area contributed by atoms with Crippen LogP contribution in [0.4, 0.5) is 0 Å². The summed E-state index contributed by atoms with van der Waals surface area (Å²) in [6.07, 6.45) is 0. The molecule has 12 heavy (non-hydrogen) atoms. The van der Waals surface area contributed by atoms with E-state index < -0.39 is 10.4 Å². The van der Waals surface area contributed by atoms with Crippen LogP contribution in [0.3, 0.4) is 0 Å². The Morgan fingerprint density at radius 3 is 0.917 bits per heavy atom. The van der Waals surface area contributed by atoms with Crippen LogP contribution in [0, 0.1) is 0 Å². The van der Waals surface area contributed by atoms with Gasteiger partial charge in [-0.3, -0.25) is 8.42 Å². The predicted octanol–water partition coefficient (Wildman–Crippen LogP) is 0.346. The first-order chi connectivity index (χ1) is 5.00. The average molecular weight is 230 g/mol. The molecule has 0 radical (unpaired) electrons. The molecule has 0 aliphatic rings. The third-order valence-corrected chi connectivity index (χ3v) is 0.667. The topological polar surface area (TPSA) is 80.3 Å². The van der Waals surface area contributed by atoms with E-state index in [-0.39, 0.29) is 17.1 Å². The van der Waals surface area contributed by atoms with Crippen molar-refractivity contribution >= 4 is 10.4 Å².